The fourth-order valence-electron chi connectivity index (χ4n) is 3.28. The van der Waals surface area contributed by atoms with Crippen molar-refractivity contribution in [1.82, 2.24) is 5.32 Å². The van der Waals surface area contributed by atoms with Gasteiger partial charge >= 0.3 is 0 Å². The zero-order chi connectivity index (χ0) is 23.2. The molecule has 3 aromatic carbocycles. The van der Waals surface area contributed by atoms with Crippen LogP contribution in [0.3, 0.4) is 0 Å². The second kappa shape index (κ2) is 10.1. The second-order valence-electron chi connectivity index (χ2n) is 7.25. The Morgan fingerprint density at radius 3 is 2.30 bits per heavy atom. The molecule has 166 valence electrons. The van der Waals surface area contributed by atoms with E-state index in [4.69, 9.17) is 21.7 Å². The number of benzene rings is 3. The van der Waals surface area contributed by atoms with Crippen LogP contribution in [0.1, 0.15) is 18.9 Å². The molecule has 1 aliphatic heterocycles. The standard InChI is InChI=1S/C26H22N2O4S/c1-2-16-31-23-11-7-6-8-18(23)17-22-24(29)27-26(33)28(25(22)30)19-12-14-21(15-13-19)32-20-9-4-3-5-10-20/h3-15,17H,2,16H2,1H3,(H,27,29,33)/b22-17+. The number of hydrogen-bond donors (Lipinski definition) is 1. The lowest BCUT2D eigenvalue weighted by molar-refractivity contribution is -0.122. The monoisotopic (exact) mass is 458 g/mol. The van der Waals surface area contributed by atoms with Gasteiger partial charge < -0.3 is 9.47 Å². The van der Waals surface area contributed by atoms with Crippen LogP contribution in [0.15, 0.2) is 84.4 Å². The Hall–Kier alpha value is -3.97. The average molecular weight is 459 g/mol. The van der Waals surface area contributed by atoms with Gasteiger partial charge in [0.15, 0.2) is 5.11 Å². The summed E-state index contributed by atoms with van der Waals surface area (Å²) in [7, 11) is 0. The maximum absolute atomic E-state index is 13.3. The molecule has 7 heteroatoms. The lowest BCUT2D eigenvalue weighted by atomic mass is 10.1. The first-order valence-electron chi connectivity index (χ1n) is 10.5. The lowest BCUT2D eigenvalue weighted by Crippen LogP contribution is -2.54. The number of nitrogens with one attached hydrogen (secondary N) is 1. The Morgan fingerprint density at radius 1 is 0.909 bits per heavy atom. The number of nitrogens with zero attached hydrogens (tertiary/aromatic N) is 1. The molecule has 0 bridgehead atoms. The first kappa shape index (κ1) is 22.2. The molecule has 0 atom stereocenters. The van der Waals surface area contributed by atoms with Crippen molar-refractivity contribution >= 4 is 40.9 Å². The van der Waals surface area contributed by atoms with Crippen LogP contribution in [0.25, 0.3) is 6.08 Å². The van der Waals surface area contributed by atoms with Crippen LogP contribution in [-0.4, -0.2) is 23.5 Å². The fourth-order valence-corrected chi connectivity index (χ4v) is 3.56. The zero-order valence-corrected chi connectivity index (χ0v) is 18.8. The number of carbonyl (C=O) groups excluding carboxylic acids is 2. The predicted molar refractivity (Wildman–Crippen MR) is 131 cm³/mol. The van der Waals surface area contributed by atoms with E-state index in [-0.39, 0.29) is 10.7 Å². The quantitative estimate of drug-likeness (QED) is 0.303. The zero-order valence-electron chi connectivity index (χ0n) is 18.0. The van der Waals surface area contributed by atoms with Crippen LogP contribution in [0.4, 0.5) is 5.69 Å². The van der Waals surface area contributed by atoms with E-state index in [0.29, 0.717) is 35.1 Å². The van der Waals surface area contributed by atoms with Crippen LogP contribution >= 0.6 is 12.2 Å². The summed E-state index contributed by atoms with van der Waals surface area (Å²) in [5.74, 6) is 0.870. The van der Waals surface area contributed by atoms with Gasteiger partial charge in [0.2, 0.25) is 0 Å². The van der Waals surface area contributed by atoms with Gasteiger partial charge in [0.1, 0.15) is 22.8 Å². The summed E-state index contributed by atoms with van der Waals surface area (Å²) < 4.78 is 11.6. The Labute approximate surface area is 197 Å². The second-order valence-corrected chi connectivity index (χ2v) is 7.64. The van der Waals surface area contributed by atoms with Gasteiger partial charge in [-0.1, -0.05) is 43.3 Å². The number of amides is 2. The van der Waals surface area contributed by atoms with Crippen molar-refractivity contribution in [1.29, 1.82) is 0 Å². The van der Waals surface area contributed by atoms with Gasteiger partial charge in [-0.2, -0.15) is 0 Å². The van der Waals surface area contributed by atoms with Crippen molar-refractivity contribution in [3.63, 3.8) is 0 Å². The number of anilines is 1. The molecule has 1 N–H and O–H groups in total. The molecule has 0 spiro atoms. The van der Waals surface area contributed by atoms with E-state index in [1.807, 2.05) is 49.4 Å². The molecule has 0 radical (unpaired) electrons. The van der Waals surface area contributed by atoms with E-state index in [0.717, 1.165) is 6.42 Å². The van der Waals surface area contributed by atoms with Crippen molar-refractivity contribution in [3.05, 3.63) is 90.0 Å². The van der Waals surface area contributed by atoms with Gasteiger partial charge in [-0.3, -0.25) is 19.8 Å². The SMILES string of the molecule is CCCOc1ccccc1/C=C1\C(=O)NC(=S)N(c2ccc(Oc3ccccc3)cc2)C1=O. The van der Waals surface area contributed by atoms with Crippen LogP contribution in [0, 0.1) is 0 Å². The number of hydrogen-bond acceptors (Lipinski definition) is 5. The van der Waals surface area contributed by atoms with Gasteiger partial charge in [0.05, 0.1) is 12.3 Å². The summed E-state index contributed by atoms with van der Waals surface area (Å²) in [6.07, 6.45) is 2.38. The molecule has 1 aliphatic rings. The van der Waals surface area contributed by atoms with Crippen LogP contribution < -0.4 is 19.7 Å². The smallest absolute Gasteiger partial charge is 0.270 e. The molecule has 2 amide bonds. The van der Waals surface area contributed by atoms with E-state index < -0.39 is 11.8 Å². The molecule has 1 heterocycles. The third kappa shape index (κ3) is 5.10. The Morgan fingerprint density at radius 2 is 1.58 bits per heavy atom. The summed E-state index contributed by atoms with van der Waals surface area (Å²) in [4.78, 5) is 27.2. The van der Waals surface area contributed by atoms with E-state index in [1.54, 1.807) is 36.4 Å². The van der Waals surface area contributed by atoms with E-state index in [1.165, 1.54) is 11.0 Å². The fraction of sp³-hybridized carbons (Fsp3) is 0.115. The molecular weight excluding hydrogens is 436 g/mol. The summed E-state index contributed by atoms with van der Waals surface area (Å²) in [5.41, 5.74) is 1.14. The molecule has 6 nitrogen and oxygen atoms in total. The first-order chi connectivity index (χ1) is 16.1. The molecule has 0 saturated carbocycles. The summed E-state index contributed by atoms with van der Waals surface area (Å²) in [6, 6.07) is 23.6. The molecule has 0 unspecified atom stereocenters. The largest absolute Gasteiger partial charge is 0.493 e. The molecule has 1 fully saturated rings. The van der Waals surface area contributed by atoms with Crippen molar-refractivity contribution < 1.29 is 19.1 Å². The highest BCUT2D eigenvalue weighted by molar-refractivity contribution is 7.80. The topological polar surface area (TPSA) is 67.9 Å². The summed E-state index contributed by atoms with van der Waals surface area (Å²) in [5, 5.41) is 2.63. The number of rotatable bonds is 7. The number of para-hydroxylation sites is 2. The van der Waals surface area contributed by atoms with Gasteiger partial charge in [0.25, 0.3) is 11.8 Å². The molecule has 4 rings (SSSR count). The maximum Gasteiger partial charge on any atom is 0.270 e. The summed E-state index contributed by atoms with van der Waals surface area (Å²) >= 11 is 5.29. The van der Waals surface area contributed by atoms with Crippen molar-refractivity contribution in [2.45, 2.75) is 13.3 Å². The van der Waals surface area contributed by atoms with Crippen LogP contribution in [0.5, 0.6) is 17.2 Å². The van der Waals surface area contributed by atoms with Crippen LogP contribution in [-0.2, 0) is 9.59 Å². The van der Waals surface area contributed by atoms with Gasteiger partial charge in [-0.15, -0.1) is 0 Å². The number of thiocarbonyl (C=S) groups is 1. The van der Waals surface area contributed by atoms with E-state index in [2.05, 4.69) is 5.32 Å². The Balaban J connectivity index is 1.60. The minimum Gasteiger partial charge on any atom is -0.493 e. The molecule has 33 heavy (non-hydrogen) atoms. The highest BCUT2D eigenvalue weighted by Gasteiger charge is 2.34. The maximum atomic E-state index is 13.3. The minimum atomic E-state index is -0.546. The van der Waals surface area contributed by atoms with Gasteiger partial charge in [0, 0.05) is 5.56 Å². The number of carbonyl (C=O) groups is 2. The molecule has 1 saturated heterocycles. The Kier molecular flexibility index (Phi) is 6.80. The lowest BCUT2D eigenvalue weighted by Gasteiger charge is -2.29. The highest BCUT2D eigenvalue weighted by Crippen LogP contribution is 2.28. The molecular formula is C26H22N2O4S. The van der Waals surface area contributed by atoms with Crippen LogP contribution in [0.2, 0.25) is 0 Å². The third-order valence-electron chi connectivity index (χ3n) is 4.86. The summed E-state index contributed by atoms with van der Waals surface area (Å²) in [6.45, 7) is 2.54. The average Bonchev–Trinajstić information content (AvgIpc) is 2.82. The van der Waals surface area contributed by atoms with E-state index in [9.17, 15) is 9.59 Å². The Bertz CT molecular complexity index is 1210. The first-order valence-corrected chi connectivity index (χ1v) is 10.9. The predicted octanol–water partition coefficient (Wildman–Crippen LogP) is 5.10. The van der Waals surface area contributed by atoms with E-state index >= 15 is 0 Å². The molecule has 3 aromatic rings. The van der Waals surface area contributed by atoms with Gasteiger partial charge in [-0.05, 0) is 67.2 Å². The third-order valence-corrected chi connectivity index (χ3v) is 5.14. The van der Waals surface area contributed by atoms with Crippen molar-refractivity contribution in [2.24, 2.45) is 0 Å². The van der Waals surface area contributed by atoms with Crippen molar-refractivity contribution in [3.8, 4) is 17.2 Å². The minimum absolute atomic E-state index is 0.0226. The molecule has 0 aliphatic carbocycles. The normalized spacial score (nSPS) is 14.9. The van der Waals surface area contributed by atoms with Gasteiger partial charge in [-0.25, -0.2) is 0 Å². The van der Waals surface area contributed by atoms with Crippen molar-refractivity contribution in [2.75, 3.05) is 11.5 Å². The highest BCUT2D eigenvalue weighted by atomic mass is 32.1. The molecule has 0 aromatic heterocycles. The number of ether oxygens (including phenoxy) is 2.